The number of aliphatic carboxylic acids is 1. The maximum absolute atomic E-state index is 13.1. The Morgan fingerprint density at radius 2 is 1.45 bits per heavy atom. The van der Waals surface area contributed by atoms with Crippen molar-refractivity contribution in [2.45, 2.75) is 31.3 Å². The van der Waals surface area contributed by atoms with Crippen molar-refractivity contribution in [3.05, 3.63) is 95.1 Å². The van der Waals surface area contributed by atoms with Crippen LogP contribution in [0.4, 0.5) is 4.79 Å². The Hall–Kier alpha value is -3.60. The van der Waals surface area contributed by atoms with Crippen LogP contribution in [-0.2, 0) is 22.5 Å². The fourth-order valence-corrected chi connectivity index (χ4v) is 4.85. The minimum atomic E-state index is -1.17. The van der Waals surface area contributed by atoms with Crippen LogP contribution in [0.1, 0.15) is 34.6 Å². The van der Waals surface area contributed by atoms with Gasteiger partial charge in [-0.3, -0.25) is 0 Å². The van der Waals surface area contributed by atoms with E-state index in [0.29, 0.717) is 13.0 Å². The van der Waals surface area contributed by atoms with Crippen LogP contribution >= 0.6 is 0 Å². The Bertz CT molecular complexity index is 1110. The van der Waals surface area contributed by atoms with Gasteiger partial charge in [0.25, 0.3) is 0 Å². The zero-order valence-electron chi connectivity index (χ0n) is 17.0. The maximum Gasteiger partial charge on any atom is 0.410 e. The molecule has 2 aliphatic rings. The van der Waals surface area contributed by atoms with Crippen molar-refractivity contribution in [3.63, 3.8) is 0 Å². The first kappa shape index (κ1) is 19.4. The molecule has 0 saturated carbocycles. The summed E-state index contributed by atoms with van der Waals surface area (Å²) < 4.78 is 5.78. The van der Waals surface area contributed by atoms with Gasteiger partial charge < -0.3 is 19.5 Å². The highest BCUT2D eigenvalue weighted by molar-refractivity contribution is 5.79. The molecule has 1 aliphatic carbocycles. The van der Waals surface area contributed by atoms with Crippen molar-refractivity contribution >= 4 is 12.1 Å². The number of amides is 1. The van der Waals surface area contributed by atoms with Crippen LogP contribution < -0.4 is 5.11 Å². The lowest BCUT2D eigenvalue weighted by atomic mass is 9.92. The quantitative estimate of drug-likeness (QED) is 0.658. The van der Waals surface area contributed by atoms with Gasteiger partial charge in [-0.25, -0.2) is 4.79 Å². The first-order chi connectivity index (χ1) is 15.1. The smallest absolute Gasteiger partial charge is 0.410 e. The lowest BCUT2D eigenvalue weighted by molar-refractivity contribution is -0.306. The summed E-state index contributed by atoms with van der Waals surface area (Å²) in [6, 6.07) is 23.7. The van der Waals surface area contributed by atoms with Gasteiger partial charge in [0.15, 0.2) is 0 Å². The first-order valence-electron chi connectivity index (χ1n) is 10.5. The molecule has 1 heterocycles. The standard InChI is InChI=1S/C26H23NO4/c28-25(29)14-19-13-17-7-1-2-8-18(17)15-27(19)26(30)31-16-24-22-11-5-3-9-20(22)21-10-4-6-12-23(21)24/h1-12,19,24H,13-16H2,(H,28,29)/p-1/t19-/m1/s1. The molecule has 0 spiro atoms. The highest BCUT2D eigenvalue weighted by atomic mass is 16.6. The third kappa shape index (κ3) is 3.56. The molecule has 5 nitrogen and oxygen atoms in total. The number of hydrogen-bond donors (Lipinski definition) is 0. The van der Waals surface area contributed by atoms with Gasteiger partial charge >= 0.3 is 6.09 Å². The molecule has 1 aliphatic heterocycles. The Morgan fingerprint density at radius 1 is 0.871 bits per heavy atom. The SMILES string of the molecule is O=C([O-])C[C@H]1Cc2ccccc2CN1C(=O)OCC1c2ccccc2-c2ccccc21. The van der Waals surface area contributed by atoms with Crippen molar-refractivity contribution in [1.29, 1.82) is 0 Å². The second kappa shape index (κ2) is 7.91. The van der Waals surface area contributed by atoms with E-state index in [4.69, 9.17) is 4.74 Å². The maximum atomic E-state index is 13.1. The van der Waals surface area contributed by atoms with E-state index in [1.807, 2.05) is 48.5 Å². The Kier molecular flexibility index (Phi) is 4.94. The van der Waals surface area contributed by atoms with E-state index in [0.717, 1.165) is 22.3 Å². The minimum absolute atomic E-state index is 0.0342. The molecule has 0 unspecified atom stereocenters. The molecule has 1 atom stereocenters. The minimum Gasteiger partial charge on any atom is -0.550 e. The third-order valence-electron chi connectivity index (χ3n) is 6.33. The molecule has 5 heteroatoms. The fraction of sp³-hybridized carbons (Fsp3) is 0.231. The summed E-state index contributed by atoms with van der Waals surface area (Å²) in [5.74, 6) is -1.20. The van der Waals surface area contributed by atoms with E-state index in [2.05, 4.69) is 24.3 Å². The van der Waals surface area contributed by atoms with Gasteiger partial charge in [-0.15, -0.1) is 0 Å². The molecule has 3 aromatic carbocycles. The molecule has 0 fully saturated rings. The summed E-state index contributed by atoms with van der Waals surface area (Å²) >= 11 is 0. The molecule has 0 N–H and O–H groups in total. The highest BCUT2D eigenvalue weighted by Crippen LogP contribution is 2.44. The van der Waals surface area contributed by atoms with E-state index < -0.39 is 18.1 Å². The number of carbonyl (C=O) groups is 2. The molecule has 1 amide bonds. The van der Waals surface area contributed by atoms with E-state index >= 15 is 0 Å². The van der Waals surface area contributed by atoms with Crippen molar-refractivity contribution in [1.82, 2.24) is 4.90 Å². The number of rotatable bonds is 4. The lowest BCUT2D eigenvalue weighted by Crippen LogP contribution is -2.47. The number of benzene rings is 3. The zero-order valence-corrected chi connectivity index (χ0v) is 17.0. The number of carboxylic acids is 1. The largest absolute Gasteiger partial charge is 0.550 e. The van der Waals surface area contributed by atoms with Gasteiger partial charge in [0, 0.05) is 30.9 Å². The summed E-state index contributed by atoms with van der Waals surface area (Å²) in [4.78, 5) is 25.9. The normalized spacial score (nSPS) is 16.9. The second-order valence-electron chi connectivity index (χ2n) is 8.13. The summed E-state index contributed by atoms with van der Waals surface area (Å²) in [5, 5.41) is 11.3. The topological polar surface area (TPSA) is 69.7 Å². The average Bonchev–Trinajstić information content (AvgIpc) is 3.10. The average molecular weight is 412 g/mol. The predicted octanol–water partition coefficient (Wildman–Crippen LogP) is 3.50. The Labute approximate surface area is 180 Å². The van der Waals surface area contributed by atoms with Crippen LogP contribution in [0.5, 0.6) is 0 Å². The zero-order chi connectivity index (χ0) is 21.4. The molecule has 156 valence electrons. The fourth-order valence-electron chi connectivity index (χ4n) is 4.85. The summed E-state index contributed by atoms with van der Waals surface area (Å²) in [6.45, 7) is 0.549. The van der Waals surface area contributed by atoms with E-state index in [9.17, 15) is 14.7 Å². The number of ether oxygens (including phenoxy) is 1. The third-order valence-corrected chi connectivity index (χ3v) is 6.33. The lowest BCUT2D eigenvalue weighted by Gasteiger charge is -2.36. The molecular weight excluding hydrogens is 390 g/mol. The van der Waals surface area contributed by atoms with Crippen LogP contribution in [-0.4, -0.2) is 29.6 Å². The Morgan fingerprint density at radius 3 is 2.10 bits per heavy atom. The van der Waals surface area contributed by atoms with Crippen LogP contribution in [0.25, 0.3) is 11.1 Å². The monoisotopic (exact) mass is 412 g/mol. The van der Waals surface area contributed by atoms with E-state index in [-0.39, 0.29) is 18.9 Å². The number of fused-ring (bicyclic) bond motifs is 4. The summed E-state index contributed by atoms with van der Waals surface area (Å²) in [6.07, 6.45) is -0.213. The van der Waals surface area contributed by atoms with Crippen LogP contribution in [0, 0.1) is 0 Å². The van der Waals surface area contributed by atoms with Gasteiger partial charge in [-0.1, -0.05) is 72.8 Å². The van der Waals surface area contributed by atoms with Crippen molar-refractivity contribution in [3.8, 4) is 11.1 Å². The van der Waals surface area contributed by atoms with Gasteiger partial charge in [0.05, 0.1) is 0 Å². The van der Waals surface area contributed by atoms with Gasteiger partial charge in [-0.2, -0.15) is 0 Å². The van der Waals surface area contributed by atoms with Crippen molar-refractivity contribution in [2.24, 2.45) is 0 Å². The predicted molar refractivity (Wildman–Crippen MR) is 114 cm³/mol. The van der Waals surface area contributed by atoms with Gasteiger partial charge in [0.2, 0.25) is 0 Å². The number of carbonyl (C=O) groups excluding carboxylic acids is 2. The molecule has 0 radical (unpaired) electrons. The van der Waals surface area contributed by atoms with E-state index in [1.165, 1.54) is 16.0 Å². The summed E-state index contributed by atoms with van der Waals surface area (Å²) in [7, 11) is 0. The molecule has 0 saturated heterocycles. The highest BCUT2D eigenvalue weighted by Gasteiger charge is 2.33. The van der Waals surface area contributed by atoms with Crippen molar-refractivity contribution < 1.29 is 19.4 Å². The Balaban J connectivity index is 1.37. The van der Waals surface area contributed by atoms with Gasteiger partial charge in [-0.05, 0) is 39.8 Å². The molecule has 0 aromatic heterocycles. The molecule has 0 bridgehead atoms. The van der Waals surface area contributed by atoms with Crippen molar-refractivity contribution in [2.75, 3.05) is 6.61 Å². The number of hydrogen-bond acceptors (Lipinski definition) is 4. The van der Waals surface area contributed by atoms with Crippen LogP contribution in [0.3, 0.4) is 0 Å². The summed E-state index contributed by atoms with van der Waals surface area (Å²) in [5.41, 5.74) is 6.71. The van der Waals surface area contributed by atoms with Gasteiger partial charge in [0.1, 0.15) is 6.61 Å². The van der Waals surface area contributed by atoms with Crippen LogP contribution in [0.2, 0.25) is 0 Å². The molecule has 5 rings (SSSR count). The molecular formula is C26H22NO4-. The first-order valence-corrected chi connectivity index (χ1v) is 10.5. The number of carboxylic acid groups (broad SMARTS) is 1. The number of nitrogens with zero attached hydrogens (tertiary/aromatic N) is 1. The second-order valence-corrected chi connectivity index (χ2v) is 8.13. The van der Waals surface area contributed by atoms with Crippen LogP contribution in [0.15, 0.2) is 72.8 Å². The molecule has 31 heavy (non-hydrogen) atoms. The molecule has 3 aromatic rings. The van der Waals surface area contributed by atoms with E-state index in [1.54, 1.807) is 0 Å².